The summed E-state index contributed by atoms with van der Waals surface area (Å²) >= 11 is 0. The highest BCUT2D eigenvalue weighted by Crippen LogP contribution is 2.53. The van der Waals surface area contributed by atoms with E-state index >= 15 is 0 Å². The summed E-state index contributed by atoms with van der Waals surface area (Å²) in [4.78, 5) is 11.3. The van der Waals surface area contributed by atoms with Crippen molar-refractivity contribution in [1.82, 2.24) is 0 Å². The molecule has 2 aromatic carbocycles. The lowest BCUT2D eigenvalue weighted by Gasteiger charge is -2.28. The van der Waals surface area contributed by atoms with Crippen molar-refractivity contribution < 1.29 is 9.53 Å². The van der Waals surface area contributed by atoms with E-state index in [4.69, 9.17) is 4.74 Å². The monoisotopic (exact) mass is 322 g/mol. The molecule has 0 aromatic heterocycles. The second-order valence-corrected chi connectivity index (χ2v) is 7.88. The topological polar surface area (TPSA) is 26.3 Å². The molecule has 0 aliphatic heterocycles. The average Bonchev–Trinajstić information content (AvgIpc) is 2.74. The van der Waals surface area contributed by atoms with E-state index in [2.05, 4.69) is 63.2 Å². The number of fused-ring (bicyclic) bond motifs is 1. The van der Waals surface area contributed by atoms with Gasteiger partial charge in [-0.15, -0.1) is 0 Å². The molecule has 0 amide bonds. The van der Waals surface area contributed by atoms with Gasteiger partial charge in [0, 0.05) is 11.8 Å². The minimum Gasteiger partial charge on any atom is -0.497 e. The Morgan fingerprint density at radius 1 is 1.04 bits per heavy atom. The molecular formula is C22H26O2. The molecule has 0 heterocycles. The molecule has 0 radical (unpaired) electrons. The van der Waals surface area contributed by atoms with Crippen LogP contribution in [0.5, 0.6) is 5.75 Å². The molecule has 24 heavy (non-hydrogen) atoms. The fraction of sp³-hybridized carbons (Fsp3) is 0.409. The van der Waals surface area contributed by atoms with Crippen molar-refractivity contribution in [3.05, 3.63) is 64.7 Å². The van der Waals surface area contributed by atoms with Gasteiger partial charge < -0.3 is 4.74 Å². The van der Waals surface area contributed by atoms with Gasteiger partial charge >= 0.3 is 0 Å². The van der Waals surface area contributed by atoms with Gasteiger partial charge in [0.15, 0.2) is 0 Å². The van der Waals surface area contributed by atoms with Gasteiger partial charge in [0.1, 0.15) is 11.5 Å². The molecule has 3 rings (SSSR count). The number of benzene rings is 2. The number of hydrogen-bond donors (Lipinski definition) is 0. The molecule has 1 aliphatic carbocycles. The average molecular weight is 322 g/mol. The summed E-state index contributed by atoms with van der Waals surface area (Å²) in [5, 5.41) is 0. The lowest BCUT2D eigenvalue weighted by Crippen LogP contribution is -2.23. The lowest BCUT2D eigenvalue weighted by molar-refractivity contribution is -0.116. The van der Waals surface area contributed by atoms with Crippen LogP contribution >= 0.6 is 0 Å². The maximum Gasteiger partial charge on any atom is 0.134 e. The molecule has 0 N–H and O–H groups in total. The van der Waals surface area contributed by atoms with Gasteiger partial charge in [0.05, 0.1) is 7.11 Å². The van der Waals surface area contributed by atoms with Crippen LogP contribution in [0.2, 0.25) is 0 Å². The van der Waals surface area contributed by atoms with Crippen molar-refractivity contribution >= 4 is 5.78 Å². The first-order chi connectivity index (χ1) is 11.3. The maximum absolute atomic E-state index is 11.3. The summed E-state index contributed by atoms with van der Waals surface area (Å²) in [6.07, 6.45) is 1.57. The van der Waals surface area contributed by atoms with Crippen LogP contribution in [0.25, 0.3) is 0 Å². The third-order valence-electron chi connectivity index (χ3n) is 5.39. The van der Waals surface area contributed by atoms with Gasteiger partial charge in [-0.25, -0.2) is 0 Å². The van der Waals surface area contributed by atoms with Crippen molar-refractivity contribution in [2.75, 3.05) is 7.11 Å². The molecular weight excluding hydrogens is 296 g/mol. The first-order valence-corrected chi connectivity index (χ1v) is 8.54. The summed E-state index contributed by atoms with van der Waals surface area (Å²) < 4.78 is 5.46. The predicted molar refractivity (Wildman–Crippen MR) is 97.9 cm³/mol. The number of ether oxygens (including phenoxy) is 1. The standard InChI is InChI=1S/C22H26O2/c1-15(23)12-16-6-8-17(9-7-16)22(4)14-21(2,3)19-11-10-18(24-5)13-20(19)22/h6-11,13H,12,14H2,1-5H3. The molecule has 0 saturated carbocycles. The van der Waals surface area contributed by atoms with Crippen LogP contribution in [0, 0.1) is 0 Å². The highest BCUT2D eigenvalue weighted by molar-refractivity contribution is 5.78. The van der Waals surface area contributed by atoms with Crippen LogP contribution in [0.4, 0.5) is 0 Å². The Morgan fingerprint density at radius 3 is 2.29 bits per heavy atom. The SMILES string of the molecule is COc1ccc2c(c1)C(C)(c1ccc(CC(C)=O)cc1)CC2(C)C. The Hall–Kier alpha value is -2.09. The normalized spacial score (nSPS) is 21.4. The van der Waals surface area contributed by atoms with Gasteiger partial charge in [-0.1, -0.05) is 51.1 Å². The largest absolute Gasteiger partial charge is 0.497 e. The summed E-state index contributed by atoms with van der Waals surface area (Å²) in [6.45, 7) is 8.58. The van der Waals surface area contributed by atoms with E-state index in [1.165, 1.54) is 16.7 Å². The molecule has 1 aliphatic rings. The molecule has 0 bridgehead atoms. The summed E-state index contributed by atoms with van der Waals surface area (Å²) in [5.74, 6) is 1.11. The third kappa shape index (κ3) is 2.75. The van der Waals surface area contributed by atoms with E-state index in [9.17, 15) is 4.79 Å². The molecule has 1 unspecified atom stereocenters. The molecule has 1 atom stereocenters. The van der Waals surface area contributed by atoms with Crippen LogP contribution in [0.3, 0.4) is 0 Å². The number of rotatable bonds is 4. The van der Waals surface area contributed by atoms with E-state index in [1.54, 1.807) is 14.0 Å². The fourth-order valence-electron chi connectivity index (χ4n) is 4.31. The van der Waals surface area contributed by atoms with E-state index < -0.39 is 0 Å². The van der Waals surface area contributed by atoms with Gasteiger partial charge in [0.25, 0.3) is 0 Å². The molecule has 2 aromatic rings. The zero-order chi connectivity index (χ0) is 17.5. The van der Waals surface area contributed by atoms with Crippen LogP contribution in [-0.4, -0.2) is 12.9 Å². The van der Waals surface area contributed by atoms with Crippen LogP contribution in [-0.2, 0) is 22.0 Å². The van der Waals surface area contributed by atoms with E-state index in [-0.39, 0.29) is 16.6 Å². The summed E-state index contributed by atoms with van der Waals surface area (Å²) in [6, 6.07) is 15.0. The van der Waals surface area contributed by atoms with Crippen LogP contribution in [0.1, 0.15) is 56.4 Å². The molecule has 0 saturated heterocycles. The molecule has 2 heteroatoms. The first-order valence-electron chi connectivity index (χ1n) is 8.54. The van der Waals surface area contributed by atoms with Crippen molar-refractivity contribution in [3.8, 4) is 5.75 Å². The predicted octanol–water partition coefficient (Wildman–Crippen LogP) is 4.81. The molecule has 0 fully saturated rings. The fourth-order valence-corrected chi connectivity index (χ4v) is 4.31. The maximum atomic E-state index is 11.3. The number of carbonyl (C=O) groups excluding carboxylic acids is 1. The minimum atomic E-state index is -0.0396. The smallest absolute Gasteiger partial charge is 0.134 e. The Bertz CT molecular complexity index is 771. The zero-order valence-corrected chi connectivity index (χ0v) is 15.3. The zero-order valence-electron chi connectivity index (χ0n) is 15.3. The minimum absolute atomic E-state index is 0.0396. The van der Waals surface area contributed by atoms with Crippen LogP contribution in [0.15, 0.2) is 42.5 Å². The van der Waals surface area contributed by atoms with Crippen LogP contribution < -0.4 is 4.74 Å². The van der Waals surface area contributed by atoms with Crippen molar-refractivity contribution in [2.45, 2.75) is 51.4 Å². The highest BCUT2D eigenvalue weighted by Gasteiger charge is 2.45. The highest BCUT2D eigenvalue weighted by atomic mass is 16.5. The number of hydrogen-bond acceptors (Lipinski definition) is 2. The Kier molecular flexibility index (Phi) is 4.03. The molecule has 2 nitrogen and oxygen atoms in total. The number of ketones is 1. The lowest BCUT2D eigenvalue weighted by atomic mass is 9.75. The quantitative estimate of drug-likeness (QED) is 0.807. The second-order valence-electron chi connectivity index (χ2n) is 7.88. The van der Waals surface area contributed by atoms with Gasteiger partial charge in [-0.2, -0.15) is 0 Å². The Labute approximate surface area is 144 Å². The number of methoxy groups -OCH3 is 1. The van der Waals surface area contributed by atoms with Crippen molar-refractivity contribution in [3.63, 3.8) is 0 Å². The van der Waals surface area contributed by atoms with Gasteiger partial charge in [-0.3, -0.25) is 4.79 Å². The number of carbonyl (C=O) groups is 1. The summed E-state index contributed by atoms with van der Waals surface area (Å²) in [5.41, 5.74) is 5.23. The Balaban J connectivity index is 2.06. The van der Waals surface area contributed by atoms with E-state index in [1.807, 2.05) is 0 Å². The molecule has 0 spiro atoms. The number of Topliss-reactive ketones (excluding diaryl/α,β-unsaturated/α-hetero) is 1. The summed E-state index contributed by atoms with van der Waals surface area (Å²) in [7, 11) is 1.72. The van der Waals surface area contributed by atoms with Crippen molar-refractivity contribution in [1.29, 1.82) is 0 Å². The Morgan fingerprint density at radius 2 is 1.71 bits per heavy atom. The van der Waals surface area contributed by atoms with Gasteiger partial charge in [0.2, 0.25) is 0 Å². The van der Waals surface area contributed by atoms with Gasteiger partial charge in [-0.05, 0) is 53.1 Å². The second kappa shape index (κ2) is 5.77. The first kappa shape index (κ1) is 16.8. The van der Waals surface area contributed by atoms with Crippen molar-refractivity contribution in [2.24, 2.45) is 0 Å². The third-order valence-corrected chi connectivity index (χ3v) is 5.39. The molecule has 126 valence electrons. The van der Waals surface area contributed by atoms with E-state index in [0.717, 1.165) is 17.7 Å². The van der Waals surface area contributed by atoms with E-state index in [0.29, 0.717) is 6.42 Å².